The quantitative estimate of drug-likeness (QED) is 0.133. The van der Waals surface area contributed by atoms with Crippen LogP contribution in [-0.2, 0) is 0 Å². The van der Waals surface area contributed by atoms with Crippen LogP contribution in [0.5, 0.6) is 0 Å². The van der Waals surface area contributed by atoms with E-state index in [1.54, 1.807) is 0 Å². The van der Waals surface area contributed by atoms with Crippen molar-refractivity contribution in [3.05, 3.63) is 291 Å². The lowest BCUT2D eigenvalue weighted by atomic mass is 9.94. The average Bonchev–Trinajstić information content (AvgIpc) is 3.80. The fourth-order valence-corrected chi connectivity index (χ4v) is 10.6. The summed E-state index contributed by atoms with van der Waals surface area (Å²) in [6.07, 6.45) is 0. The van der Waals surface area contributed by atoms with Gasteiger partial charge >= 0.3 is 0 Å². The number of nitrogens with zero attached hydrogens (tertiary/aromatic N) is 2. The molecule has 0 spiro atoms. The van der Waals surface area contributed by atoms with Gasteiger partial charge in [-0.25, -0.2) is 0 Å². The van der Waals surface area contributed by atoms with Crippen LogP contribution in [0.2, 0.25) is 0 Å². The number of rotatable bonds is 10. The molecular weight excluding hydrogens is 869 g/mol. The van der Waals surface area contributed by atoms with Gasteiger partial charge in [0.15, 0.2) is 0 Å². The lowest BCUT2D eigenvalue weighted by Crippen LogP contribution is -2.09. The molecule has 0 fully saturated rings. The minimum atomic E-state index is 1.08. The molecule has 12 aromatic carbocycles. The Balaban J connectivity index is 0.833. The van der Waals surface area contributed by atoms with E-state index in [0.717, 1.165) is 22.6 Å². The van der Waals surface area contributed by atoms with Crippen LogP contribution in [0.3, 0.4) is 0 Å². The molecule has 0 aliphatic carbocycles. The molecule has 0 atom stereocenters. The molecule has 0 N–H and O–H groups in total. The van der Waals surface area contributed by atoms with E-state index >= 15 is 0 Å². The number of fused-ring (bicyclic) bond motifs is 4. The van der Waals surface area contributed by atoms with Crippen molar-refractivity contribution in [2.24, 2.45) is 0 Å². The van der Waals surface area contributed by atoms with E-state index in [9.17, 15) is 0 Å². The van der Waals surface area contributed by atoms with Crippen LogP contribution in [0.1, 0.15) is 0 Å². The Labute approximate surface area is 420 Å². The number of benzene rings is 12. The maximum atomic E-state index is 2.41. The second-order valence-corrected chi connectivity index (χ2v) is 18.5. The van der Waals surface area contributed by atoms with Crippen LogP contribution in [-0.4, -0.2) is 4.57 Å². The molecule has 0 saturated carbocycles. The summed E-state index contributed by atoms with van der Waals surface area (Å²) in [7, 11) is 0. The van der Waals surface area contributed by atoms with Crippen molar-refractivity contribution in [1.29, 1.82) is 0 Å². The second kappa shape index (κ2) is 18.4. The summed E-state index contributed by atoms with van der Waals surface area (Å²) < 4.78 is 2.41. The highest BCUT2D eigenvalue weighted by molar-refractivity contribution is 6.09. The Morgan fingerprint density at radius 2 is 0.597 bits per heavy atom. The topological polar surface area (TPSA) is 8.17 Å². The van der Waals surface area contributed by atoms with Crippen LogP contribution >= 0.6 is 0 Å². The molecule has 0 unspecified atom stereocenters. The predicted octanol–water partition coefficient (Wildman–Crippen LogP) is 19.4. The van der Waals surface area contributed by atoms with Crippen LogP contribution < -0.4 is 4.90 Å². The van der Waals surface area contributed by atoms with Gasteiger partial charge in [-0.05, 0) is 139 Å². The molecule has 0 aliphatic heterocycles. The van der Waals surface area contributed by atoms with Gasteiger partial charge in [0.1, 0.15) is 0 Å². The first-order valence-corrected chi connectivity index (χ1v) is 24.7. The van der Waals surface area contributed by atoms with E-state index in [2.05, 4.69) is 301 Å². The van der Waals surface area contributed by atoms with E-state index in [0.29, 0.717) is 0 Å². The monoisotopic (exact) mass is 916 g/mol. The number of para-hydroxylation sites is 3. The minimum absolute atomic E-state index is 1.08. The number of anilines is 3. The molecule has 0 saturated heterocycles. The highest BCUT2D eigenvalue weighted by Gasteiger charge is 2.17. The largest absolute Gasteiger partial charge is 0.311 e. The number of aromatic nitrogens is 1. The molecule has 72 heavy (non-hydrogen) atoms. The second-order valence-electron chi connectivity index (χ2n) is 18.5. The van der Waals surface area contributed by atoms with Crippen LogP contribution in [0.15, 0.2) is 291 Å². The number of hydrogen-bond donors (Lipinski definition) is 0. The summed E-state index contributed by atoms with van der Waals surface area (Å²) in [6, 6.07) is 106. The normalized spacial score (nSPS) is 11.3. The molecule has 338 valence electrons. The zero-order valence-electron chi connectivity index (χ0n) is 39.6. The predicted molar refractivity (Wildman–Crippen MR) is 306 cm³/mol. The van der Waals surface area contributed by atoms with E-state index in [1.165, 1.54) is 99.5 Å². The van der Waals surface area contributed by atoms with Gasteiger partial charge in [0.25, 0.3) is 0 Å². The van der Waals surface area contributed by atoms with Crippen molar-refractivity contribution < 1.29 is 0 Å². The zero-order valence-corrected chi connectivity index (χ0v) is 39.6. The fourth-order valence-electron chi connectivity index (χ4n) is 10.6. The van der Waals surface area contributed by atoms with Gasteiger partial charge in [-0.15, -0.1) is 0 Å². The van der Waals surface area contributed by atoms with Gasteiger partial charge in [-0.2, -0.15) is 0 Å². The maximum Gasteiger partial charge on any atom is 0.0541 e. The molecule has 2 heteroatoms. The van der Waals surface area contributed by atoms with E-state index < -0.39 is 0 Å². The molecule has 0 radical (unpaired) electrons. The van der Waals surface area contributed by atoms with Crippen LogP contribution in [0, 0.1) is 0 Å². The first-order chi connectivity index (χ1) is 35.7. The van der Waals surface area contributed by atoms with Crippen molar-refractivity contribution in [2.75, 3.05) is 4.90 Å². The third-order valence-corrected chi connectivity index (χ3v) is 14.2. The molecular formula is C70H48N2. The molecule has 2 nitrogen and oxygen atoms in total. The standard InChI is InChI=1S/C70H48N2/c1-2-16-53(17-3-1)63-21-6-7-22-64(63)54-39-45-62(46-40-54)71(61-43-37-52(38-44-61)57-19-14-20-58(47-57)59-34-31-49-15-4-5-18-56(49)48-59)60-41-35-51(36-42-60)50-29-32-55(33-30-50)65-23-8-11-26-68(65)72-69-27-12-9-24-66(69)67-25-10-13-28-70(67)72/h1-48H. The van der Waals surface area contributed by atoms with Gasteiger partial charge in [-0.3, -0.25) is 0 Å². The third kappa shape index (κ3) is 7.92. The Morgan fingerprint density at radius 1 is 0.222 bits per heavy atom. The summed E-state index contributed by atoms with van der Waals surface area (Å²) in [5.41, 5.74) is 21.1. The smallest absolute Gasteiger partial charge is 0.0541 e. The fraction of sp³-hybridized carbons (Fsp3) is 0. The Hall–Kier alpha value is -9.50. The minimum Gasteiger partial charge on any atom is -0.311 e. The highest BCUT2D eigenvalue weighted by Crippen LogP contribution is 2.41. The molecule has 1 heterocycles. The first-order valence-electron chi connectivity index (χ1n) is 24.7. The van der Waals surface area contributed by atoms with Gasteiger partial charge in [0.05, 0.1) is 16.7 Å². The molecule has 0 bridgehead atoms. The van der Waals surface area contributed by atoms with Gasteiger partial charge in [0, 0.05) is 33.4 Å². The number of hydrogen-bond acceptors (Lipinski definition) is 1. The lowest BCUT2D eigenvalue weighted by molar-refractivity contribution is 1.18. The molecule has 0 amide bonds. The van der Waals surface area contributed by atoms with Crippen molar-refractivity contribution in [2.45, 2.75) is 0 Å². The van der Waals surface area contributed by atoms with E-state index in [4.69, 9.17) is 0 Å². The Bertz CT molecular complexity index is 4000. The third-order valence-electron chi connectivity index (χ3n) is 14.2. The van der Waals surface area contributed by atoms with E-state index in [-0.39, 0.29) is 0 Å². The highest BCUT2D eigenvalue weighted by atomic mass is 15.1. The van der Waals surface area contributed by atoms with E-state index in [1.807, 2.05) is 0 Å². The van der Waals surface area contributed by atoms with Gasteiger partial charge in [-0.1, -0.05) is 224 Å². The summed E-state index contributed by atoms with van der Waals surface area (Å²) >= 11 is 0. The maximum absolute atomic E-state index is 2.41. The van der Waals surface area contributed by atoms with Crippen molar-refractivity contribution >= 4 is 49.6 Å². The first kappa shape index (κ1) is 42.6. The SMILES string of the molecule is c1ccc(-c2ccccc2-c2ccc(N(c3ccc(-c4ccc(-c5ccccc5-n5c6ccccc6c6ccccc65)cc4)cc3)c3ccc(-c4cccc(-c5ccc6ccccc6c5)c4)cc3)cc2)cc1. The van der Waals surface area contributed by atoms with Crippen molar-refractivity contribution in [1.82, 2.24) is 4.57 Å². The molecule has 13 aromatic rings. The summed E-state index contributed by atoms with van der Waals surface area (Å²) in [5, 5.41) is 5.02. The Kier molecular flexibility index (Phi) is 10.9. The lowest BCUT2D eigenvalue weighted by Gasteiger charge is -2.26. The molecule has 1 aromatic heterocycles. The van der Waals surface area contributed by atoms with Crippen molar-refractivity contribution in [3.8, 4) is 72.4 Å². The summed E-state index contributed by atoms with van der Waals surface area (Å²) in [4.78, 5) is 2.36. The molecule has 13 rings (SSSR count). The van der Waals surface area contributed by atoms with Crippen LogP contribution in [0.25, 0.3) is 105 Å². The molecule has 0 aliphatic rings. The Morgan fingerprint density at radius 3 is 1.21 bits per heavy atom. The van der Waals surface area contributed by atoms with Crippen molar-refractivity contribution in [3.63, 3.8) is 0 Å². The average molecular weight is 917 g/mol. The zero-order chi connectivity index (χ0) is 47.8. The summed E-state index contributed by atoms with van der Waals surface area (Å²) in [6.45, 7) is 0. The summed E-state index contributed by atoms with van der Waals surface area (Å²) in [5.74, 6) is 0. The van der Waals surface area contributed by atoms with Gasteiger partial charge in [0.2, 0.25) is 0 Å². The van der Waals surface area contributed by atoms with Crippen LogP contribution in [0.4, 0.5) is 17.1 Å². The van der Waals surface area contributed by atoms with Gasteiger partial charge < -0.3 is 9.47 Å².